The molecule has 0 aliphatic carbocycles. The van der Waals surface area contributed by atoms with Crippen LogP contribution in [0, 0.1) is 13.8 Å². The van der Waals surface area contributed by atoms with E-state index in [2.05, 4.69) is 53.3 Å². The molecule has 0 fully saturated rings. The summed E-state index contributed by atoms with van der Waals surface area (Å²) in [5.41, 5.74) is 2.38. The first-order valence-corrected chi connectivity index (χ1v) is 6.91. The molecule has 0 saturated heterocycles. The van der Waals surface area contributed by atoms with Gasteiger partial charge in [0.2, 0.25) is 0 Å². The Morgan fingerprint density at radius 3 is 2.29 bits per heavy atom. The molecule has 0 bridgehead atoms. The van der Waals surface area contributed by atoms with Crippen LogP contribution in [-0.4, -0.2) is 24.0 Å². The molecule has 1 aromatic heterocycles. The Kier molecular flexibility index (Phi) is 4.50. The summed E-state index contributed by atoms with van der Waals surface area (Å²) in [5.74, 6) is 0. The van der Waals surface area contributed by atoms with Crippen LogP contribution in [0.2, 0.25) is 0 Å². The Balaban J connectivity index is 3.26. The minimum atomic E-state index is 0.00944. The second-order valence-corrected chi connectivity index (χ2v) is 6.28. The molecule has 1 heterocycles. The van der Waals surface area contributed by atoms with Crippen LogP contribution < -0.4 is 0 Å². The van der Waals surface area contributed by atoms with Crippen LogP contribution in [0.15, 0.2) is 12.2 Å². The average molecular weight is 252 g/mol. The average Bonchev–Trinajstić information content (AvgIpc) is 2.55. The highest BCUT2D eigenvalue weighted by molar-refractivity contribution is 7.11. The molecule has 0 N–H and O–H groups in total. The second-order valence-electron chi connectivity index (χ2n) is 5.07. The fourth-order valence-corrected chi connectivity index (χ4v) is 3.44. The van der Waals surface area contributed by atoms with E-state index in [1.807, 2.05) is 11.3 Å². The first-order valence-electron chi connectivity index (χ1n) is 6.09. The summed E-state index contributed by atoms with van der Waals surface area (Å²) in [5, 5.41) is 1.23. The lowest BCUT2D eigenvalue weighted by Gasteiger charge is -2.38. The van der Waals surface area contributed by atoms with Crippen molar-refractivity contribution in [1.82, 2.24) is 9.88 Å². The molecule has 1 atom stereocenters. The van der Waals surface area contributed by atoms with Crippen molar-refractivity contribution in [3.63, 3.8) is 0 Å². The van der Waals surface area contributed by atoms with Gasteiger partial charge in [-0.25, -0.2) is 4.98 Å². The van der Waals surface area contributed by atoms with Gasteiger partial charge in [-0.05, 0) is 47.7 Å². The van der Waals surface area contributed by atoms with E-state index in [9.17, 15) is 0 Å². The van der Waals surface area contributed by atoms with Crippen LogP contribution in [-0.2, 0) is 5.54 Å². The van der Waals surface area contributed by atoms with Gasteiger partial charge in [-0.3, -0.25) is 4.90 Å². The summed E-state index contributed by atoms with van der Waals surface area (Å²) in [7, 11) is 4.27. The topological polar surface area (TPSA) is 16.1 Å². The smallest absolute Gasteiger partial charge is 0.114 e. The molecule has 0 amide bonds. The molecule has 1 aromatic rings. The lowest BCUT2D eigenvalue weighted by Crippen LogP contribution is -2.41. The third-order valence-corrected chi connectivity index (χ3v) is 4.73. The molecule has 0 saturated carbocycles. The number of rotatable bonds is 5. The van der Waals surface area contributed by atoms with Crippen molar-refractivity contribution in [2.75, 3.05) is 14.1 Å². The van der Waals surface area contributed by atoms with Gasteiger partial charge in [0.05, 0.1) is 11.2 Å². The van der Waals surface area contributed by atoms with Crippen molar-refractivity contribution in [1.29, 1.82) is 0 Å². The van der Waals surface area contributed by atoms with Gasteiger partial charge < -0.3 is 0 Å². The standard InChI is InChI=1S/C14H24N2S/c1-8-14(16(6)7,9-10(2)3)13-15-11(4)12(5)17-13/h2,8-9H2,1,3-7H3. The highest BCUT2D eigenvalue weighted by Gasteiger charge is 2.36. The Labute approximate surface area is 109 Å². The van der Waals surface area contributed by atoms with Crippen LogP contribution in [0.4, 0.5) is 0 Å². The second kappa shape index (κ2) is 5.32. The number of hydrogen-bond acceptors (Lipinski definition) is 3. The SMILES string of the molecule is C=C(C)CC(CC)(c1nc(C)c(C)s1)N(C)C. The number of thiazole rings is 1. The number of aryl methyl sites for hydroxylation is 2. The predicted octanol–water partition coefficient (Wildman–Crippen LogP) is 3.89. The zero-order valence-electron chi connectivity index (χ0n) is 11.9. The van der Waals surface area contributed by atoms with E-state index in [1.165, 1.54) is 15.5 Å². The van der Waals surface area contributed by atoms with E-state index in [0.717, 1.165) is 18.5 Å². The van der Waals surface area contributed by atoms with Gasteiger partial charge in [0.15, 0.2) is 0 Å². The van der Waals surface area contributed by atoms with E-state index in [0.29, 0.717) is 0 Å². The van der Waals surface area contributed by atoms with Crippen molar-refractivity contribution < 1.29 is 0 Å². The Morgan fingerprint density at radius 1 is 1.41 bits per heavy atom. The normalized spacial score (nSPS) is 15.0. The summed E-state index contributed by atoms with van der Waals surface area (Å²) in [6, 6.07) is 0. The van der Waals surface area contributed by atoms with Gasteiger partial charge in [0, 0.05) is 4.88 Å². The van der Waals surface area contributed by atoms with Crippen LogP contribution in [0.1, 0.15) is 42.3 Å². The lowest BCUT2D eigenvalue weighted by atomic mass is 9.88. The van der Waals surface area contributed by atoms with Crippen LogP contribution in [0.5, 0.6) is 0 Å². The third kappa shape index (κ3) is 2.78. The molecule has 0 radical (unpaired) electrons. The fraction of sp³-hybridized carbons (Fsp3) is 0.643. The summed E-state index contributed by atoms with van der Waals surface area (Å²) in [4.78, 5) is 8.38. The fourth-order valence-electron chi connectivity index (χ4n) is 2.19. The zero-order valence-corrected chi connectivity index (χ0v) is 12.7. The monoisotopic (exact) mass is 252 g/mol. The largest absolute Gasteiger partial charge is 0.297 e. The summed E-state index contributed by atoms with van der Waals surface area (Å²) in [6.07, 6.45) is 2.03. The molecular weight excluding hydrogens is 228 g/mol. The van der Waals surface area contributed by atoms with Crippen molar-refractivity contribution >= 4 is 11.3 Å². The van der Waals surface area contributed by atoms with E-state index < -0.39 is 0 Å². The molecule has 1 rings (SSSR count). The Bertz CT molecular complexity index is 387. The summed E-state index contributed by atoms with van der Waals surface area (Å²) < 4.78 is 0. The predicted molar refractivity (Wildman–Crippen MR) is 76.7 cm³/mol. The van der Waals surface area contributed by atoms with Crippen molar-refractivity contribution in [2.24, 2.45) is 0 Å². The van der Waals surface area contributed by atoms with Gasteiger partial charge in [0.25, 0.3) is 0 Å². The molecule has 0 spiro atoms. The number of nitrogens with zero attached hydrogens (tertiary/aromatic N) is 2. The van der Waals surface area contributed by atoms with E-state index >= 15 is 0 Å². The molecule has 2 nitrogen and oxygen atoms in total. The van der Waals surface area contributed by atoms with Crippen molar-refractivity contribution in [2.45, 2.75) is 46.1 Å². The first kappa shape index (κ1) is 14.4. The maximum atomic E-state index is 4.76. The van der Waals surface area contributed by atoms with Gasteiger partial charge >= 0.3 is 0 Å². The van der Waals surface area contributed by atoms with Crippen molar-refractivity contribution in [3.05, 3.63) is 27.7 Å². The zero-order chi connectivity index (χ0) is 13.2. The quantitative estimate of drug-likeness (QED) is 0.739. The summed E-state index contributed by atoms with van der Waals surface area (Å²) >= 11 is 1.82. The number of aromatic nitrogens is 1. The minimum absolute atomic E-state index is 0.00944. The van der Waals surface area contributed by atoms with E-state index in [1.54, 1.807) is 0 Å². The van der Waals surface area contributed by atoms with Crippen LogP contribution in [0.25, 0.3) is 0 Å². The summed E-state index contributed by atoms with van der Waals surface area (Å²) in [6.45, 7) is 12.6. The van der Waals surface area contributed by atoms with Crippen molar-refractivity contribution in [3.8, 4) is 0 Å². The number of hydrogen-bond donors (Lipinski definition) is 0. The van der Waals surface area contributed by atoms with Gasteiger partial charge in [-0.2, -0.15) is 0 Å². The molecule has 3 heteroatoms. The molecule has 1 unspecified atom stereocenters. The molecule has 96 valence electrons. The minimum Gasteiger partial charge on any atom is -0.297 e. The van der Waals surface area contributed by atoms with Gasteiger partial charge in [-0.1, -0.05) is 12.5 Å². The Morgan fingerprint density at radius 2 is 2.00 bits per heavy atom. The van der Waals surface area contributed by atoms with Gasteiger partial charge in [0.1, 0.15) is 5.01 Å². The van der Waals surface area contributed by atoms with E-state index in [-0.39, 0.29) is 5.54 Å². The molecular formula is C14H24N2S. The first-order chi connectivity index (χ1) is 7.83. The lowest BCUT2D eigenvalue weighted by molar-refractivity contribution is 0.143. The highest BCUT2D eigenvalue weighted by atomic mass is 32.1. The highest BCUT2D eigenvalue weighted by Crippen LogP contribution is 2.39. The third-order valence-electron chi connectivity index (χ3n) is 3.46. The molecule has 0 aliphatic heterocycles. The van der Waals surface area contributed by atoms with Gasteiger partial charge in [-0.15, -0.1) is 17.9 Å². The van der Waals surface area contributed by atoms with Crippen LogP contribution in [0.3, 0.4) is 0 Å². The maximum Gasteiger partial charge on any atom is 0.114 e. The van der Waals surface area contributed by atoms with Crippen LogP contribution >= 0.6 is 11.3 Å². The molecule has 17 heavy (non-hydrogen) atoms. The Hall–Kier alpha value is -0.670. The molecule has 0 aliphatic rings. The maximum absolute atomic E-state index is 4.76. The van der Waals surface area contributed by atoms with E-state index in [4.69, 9.17) is 4.98 Å². The molecule has 0 aromatic carbocycles.